The van der Waals surface area contributed by atoms with Gasteiger partial charge in [0, 0.05) is 0 Å². The van der Waals surface area contributed by atoms with E-state index in [1.54, 1.807) is 54.6 Å². The predicted octanol–water partition coefficient (Wildman–Crippen LogP) is 2.56. The van der Waals surface area contributed by atoms with Crippen LogP contribution < -0.4 is 10.2 Å². The van der Waals surface area contributed by atoms with Gasteiger partial charge in [-0.2, -0.15) is 4.22 Å². The van der Waals surface area contributed by atoms with Gasteiger partial charge in [-0.15, -0.1) is 0 Å². The molecular formula is C25H24BNO7S. The Hall–Kier alpha value is -3.63. The van der Waals surface area contributed by atoms with Crippen LogP contribution in [-0.4, -0.2) is 50.9 Å². The van der Waals surface area contributed by atoms with Gasteiger partial charge in [-0.05, 0) is 55.7 Å². The van der Waals surface area contributed by atoms with Crippen molar-refractivity contribution >= 4 is 34.5 Å². The second kappa shape index (κ2) is 9.93. The second-order valence-corrected chi connectivity index (χ2v) is 9.97. The molecule has 3 aromatic carbocycles. The van der Waals surface area contributed by atoms with E-state index in [-0.39, 0.29) is 10.5 Å². The molecule has 0 saturated carbocycles. The third kappa shape index (κ3) is 4.94. The molecule has 180 valence electrons. The highest BCUT2D eigenvalue weighted by Gasteiger charge is 2.56. The number of esters is 1. The van der Waals surface area contributed by atoms with Crippen LogP contribution in [0, 0.1) is 6.92 Å². The number of methoxy groups -OCH3 is 1. The molecule has 35 heavy (non-hydrogen) atoms. The van der Waals surface area contributed by atoms with Gasteiger partial charge in [-0.25, -0.2) is 13.2 Å². The quantitative estimate of drug-likeness (QED) is 0.369. The summed E-state index contributed by atoms with van der Waals surface area (Å²) in [5.74, 6) is -0.941. The van der Waals surface area contributed by atoms with Crippen molar-refractivity contribution in [3.05, 3.63) is 90.0 Å². The SMILES string of the molecule is COc1ccc(C(=O)O[C@H](C)C2C(=O)OB(c3ccccc3)N2S(=O)(=O)c2ccc(C)cc2)cc1. The zero-order valence-corrected chi connectivity index (χ0v) is 20.3. The van der Waals surface area contributed by atoms with Gasteiger partial charge in [0.2, 0.25) is 10.0 Å². The lowest BCUT2D eigenvalue weighted by Crippen LogP contribution is -2.54. The topological polar surface area (TPSA) is 99.2 Å². The molecule has 0 aliphatic carbocycles. The van der Waals surface area contributed by atoms with Gasteiger partial charge < -0.3 is 14.1 Å². The Morgan fingerprint density at radius 3 is 2.23 bits per heavy atom. The first-order chi connectivity index (χ1) is 16.7. The Bertz CT molecular complexity index is 1310. The van der Waals surface area contributed by atoms with Crippen molar-refractivity contribution in [2.45, 2.75) is 30.9 Å². The summed E-state index contributed by atoms with van der Waals surface area (Å²) in [5.41, 5.74) is 1.60. The maximum absolute atomic E-state index is 13.8. The zero-order valence-electron chi connectivity index (χ0n) is 19.5. The van der Waals surface area contributed by atoms with E-state index in [1.807, 2.05) is 6.92 Å². The molecule has 0 spiro atoms. The summed E-state index contributed by atoms with van der Waals surface area (Å²) in [6.45, 7) is 3.31. The monoisotopic (exact) mass is 493 g/mol. The predicted molar refractivity (Wildman–Crippen MR) is 130 cm³/mol. The first kappa shape index (κ1) is 24.5. The molecule has 0 amide bonds. The molecule has 0 bridgehead atoms. The highest BCUT2D eigenvalue weighted by atomic mass is 32.2. The highest BCUT2D eigenvalue weighted by molar-refractivity contribution is 7.90. The van der Waals surface area contributed by atoms with Gasteiger partial charge >= 0.3 is 19.0 Å². The van der Waals surface area contributed by atoms with Crippen LogP contribution in [0.5, 0.6) is 5.75 Å². The van der Waals surface area contributed by atoms with Crippen LogP contribution in [0.3, 0.4) is 0 Å². The molecule has 1 saturated heterocycles. The molecule has 0 aromatic heterocycles. The first-order valence-corrected chi connectivity index (χ1v) is 12.4. The van der Waals surface area contributed by atoms with E-state index >= 15 is 0 Å². The smallest absolute Gasteiger partial charge is 0.502 e. The van der Waals surface area contributed by atoms with Crippen LogP contribution in [0.25, 0.3) is 0 Å². The van der Waals surface area contributed by atoms with Gasteiger partial charge in [0.05, 0.1) is 17.6 Å². The molecule has 1 fully saturated rings. The fraction of sp³-hybridized carbons (Fsp3) is 0.200. The Labute approximate surface area is 204 Å². The van der Waals surface area contributed by atoms with E-state index in [9.17, 15) is 18.0 Å². The van der Waals surface area contributed by atoms with Crippen molar-refractivity contribution in [3.63, 3.8) is 0 Å². The Kier molecular flexibility index (Phi) is 6.95. The summed E-state index contributed by atoms with van der Waals surface area (Å²) in [5, 5.41) is 0. The van der Waals surface area contributed by atoms with E-state index < -0.39 is 41.2 Å². The molecule has 10 heteroatoms. The third-order valence-corrected chi connectivity index (χ3v) is 7.56. The van der Waals surface area contributed by atoms with Gasteiger partial charge in [0.15, 0.2) is 6.04 Å². The van der Waals surface area contributed by atoms with Crippen LogP contribution in [0.2, 0.25) is 0 Å². The summed E-state index contributed by atoms with van der Waals surface area (Å²) < 4.78 is 44.7. The summed E-state index contributed by atoms with van der Waals surface area (Å²) in [6, 6.07) is 19.7. The molecule has 3 aromatic rings. The van der Waals surface area contributed by atoms with Gasteiger partial charge in [0.1, 0.15) is 11.9 Å². The van der Waals surface area contributed by atoms with Crippen LogP contribution in [0.15, 0.2) is 83.8 Å². The Morgan fingerprint density at radius 1 is 1.00 bits per heavy atom. The fourth-order valence-corrected chi connectivity index (χ4v) is 5.55. The van der Waals surface area contributed by atoms with Crippen LogP contribution in [-0.2, 0) is 24.2 Å². The average molecular weight is 493 g/mol. The number of aryl methyl sites for hydroxylation is 1. The maximum Gasteiger partial charge on any atom is 0.502 e. The highest BCUT2D eigenvalue weighted by Crippen LogP contribution is 2.29. The molecule has 0 radical (unpaired) electrons. The van der Waals surface area contributed by atoms with Crippen LogP contribution in [0.1, 0.15) is 22.8 Å². The van der Waals surface area contributed by atoms with Crippen molar-refractivity contribution in [3.8, 4) is 5.75 Å². The molecule has 2 atom stereocenters. The number of rotatable bonds is 7. The van der Waals surface area contributed by atoms with Crippen molar-refractivity contribution in [1.29, 1.82) is 0 Å². The van der Waals surface area contributed by atoms with Crippen molar-refractivity contribution in [2.75, 3.05) is 7.11 Å². The van der Waals surface area contributed by atoms with E-state index in [1.165, 1.54) is 38.3 Å². The van der Waals surface area contributed by atoms with Crippen LogP contribution in [0.4, 0.5) is 0 Å². The number of benzene rings is 3. The molecular weight excluding hydrogens is 469 g/mol. The Balaban J connectivity index is 1.69. The number of sulfonamides is 1. The van der Waals surface area contributed by atoms with Crippen molar-refractivity contribution in [1.82, 2.24) is 4.22 Å². The number of hydrogen-bond acceptors (Lipinski definition) is 7. The number of carbonyl (C=O) groups excluding carboxylic acids is 2. The number of hydrogen-bond donors (Lipinski definition) is 0. The van der Waals surface area contributed by atoms with E-state index in [0.29, 0.717) is 11.2 Å². The van der Waals surface area contributed by atoms with Crippen LogP contribution >= 0.6 is 0 Å². The lowest BCUT2D eigenvalue weighted by molar-refractivity contribution is -0.136. The second-order valence-electron chi connectivity index (χ2n) is 8.13. The minimum absolute atomic E-state index is 0.000937. The molecule has 0 N–H and O–H groups in total. The lowest BCUT2D eigenvalue weighted by Gasteiger charge is -2.27. The largest absolute Gasteiger partial charge is 0.514 e. The molecule has 1 aliphatic heterocycles. The van der Waals surface area contributed by atoms with E-state index in [2.05, 4.69) is 0 Å². The van der Waals surface area contributed by atoms with Gasteiger partial charge in [-0.3, -0.25) is 4.79 Å². The third-order valence-electron chi connectivity index (χ3n) is 5.72. The van der Waals surface area contributed by atoms with E-state index in [4.69, 9.17) is 14.1 Å². The molecule has 1 aliphatic rings. The normalized spacial score (nSPS) is 17.1. The van der Waals surface area contributed by atoms with E-state index in [0.717, 1.165) is 9.78 Å². The number of carbonyl (C=O) groups is 2. The van der Waals surface area contributed by atoms with Gasteiger partial charge in [-0.1, -0.05) is 48.0 Å². The average Bonchev–Trinajstić information content (AvgIpc) is 3.23. The summed E-state index contributed by atoms with van der Waals surface area (Å²) >= 11 is 0. The molecule has 1 heterocycles. The minimum atomic E-state index is -4.21. The standard InChI is InChI=1S/C25H24BNO7S/c1-17-9-15-22(16-10-17)35(30,31)27-23(25(29)34-26(27)20-7-5-4-6-8-20)18(2)33-24(28)19-11-13-21(32-3)14-12-19/h4-16,18,23H,1-3H3/t18-,23?/m1/s1. The minimum Gasteiger partial charge on any atom is -0.514 e. The molecule has 1 unspecified atom stereocenters. The zero-order chi connectivity index (χ0) is 25.2. The molecule has 4 rings (SSSR count). The Morgan fingerprint density at radius 2 is 1.63 bits per heavy atom. The maximum atomic E-state index is 13.8. The van der Waals surface area contributed by atoms with Crippen molar-refractivity contribution in [2.24, 2.45) is 0 Å². The molecule has 8 nitrogen and oxygen atoms in total. The summed E-state index contributed by atoms with van der Waals surface area (Å²) in [6.07, 6.45) is -1.13. The van der Waals surface area contributed by atoms with Gasteiger partial charge in [0.25, 0.3) is 0 Å². The van der Waals surface area contributed by atoms with Crippen molar-refractivity contribution < 1.29 is 32.1 Å². The lowest BCUT2D eigenvalue weighted by atomic mass is 9.74. The summed E-state index contributed by atoms with van der Waals surface area (Å²) in [7, 11) is -3.91. The number of nitrogens with zero attached hydrogens (tertiary/aromatic N) is 1. The fourth-order valence-electron chi connectivity index (χ4n) is 3.85. The first-order valence-electron chi connectivity index (χ1n) is 10.9. The number of ether oxygens (including phenoxy) is 2. The summed E-state index contributed by atoms with van der Waals surface area (Å²) in [4.78, 5) is 25.8.